The number of amidine groups is 1. The van der Waals surface area contributed by atoms with Crippen molar-refractivity contribution in [3.8, 4) is 0 Å². The number of carbonyl (C=O) groups excluding carboxylic acids is 2. The van der Waals surface area contributed by atoms with Crippen LogP contribution in [0.4, 0.5) is 11.4 Å². The van der Waals surface area contributed by atoms with E-state index in [1.165, 1.54) is 12.2 Å². The van der Waals surface area contributed by atoms with Crippen LogP contribution in [0.5, 0.6) is 0 Å². The van der Waals surface area contributed by atoms with Crippen LogP contribution in [-0.2, 0) is 21.0 Å². The largest absolute Gasteiger partial charge is 0.465 e. The Morgan fingerprint density at radius 3 is 2.55 bits per heavy atom. The number of esters is 1. The molecular weight excluding hydrogens is 396 g/mol. The number of nitrogens with zero attached hydrogens (tertiary/aromatic N) is 2. The van der Waals surface area contributed by atoms with Crippen LogP contribution in [0.3, 0.4) is 0 Å². The Hall–Kier alpha value is -3.65. The standard InChI is InChI=1S/C23H26N4O4/c1-3-10-27(31-14-15-4-8-19(24)9-5-15)22(28)18-11-16-6-7-17(23(29)30-2)12-20(16)26-21(25)13-18/h4-9,11-12H,3,10,13-14,24H2,1-2H3,(H2,25,26). The van der Waals surface area contributed by atoms with Gasteiger partial charge in [-0.2, -0.15) is 0 Å². The zero-order chi connectivity index (χ0) is 22.4. The lowest BCUT2D eigenvalue weighted by Crippen LogP contribution is -2.34. The van der Waals surface area contributed by atoms with Gasteiger partial charge in [0, 0.05) is 29.8 Å². The summed E-state index contributed by atoms with van der Waals surface area (Å²) >= 11 is 0. The van der Waals surface area contributed by atoms with E-state index in [9.17, 15) is 9.59 Å². The summed E-state index contributed by atoms with van der Waals surface area (Å²) in [7, 11) is 1.31. The van der Waals surface area contributed by atoms with E-state index in [4.69, 9.17) is 21.0 Å². The Morgan fingerprint density at radius 1 is 1.13 bits per heavy atom. The first-order valence-electron chi connectivity index (χ1n) is 9.96. The molecule has 0 unspecified atom stereocenters. The summed E-state index contributed by atoms with van der Waals surface area (Å²) in [5.41, 5.74) is 15.4. The third kappa shape index (κ3) is 5.49. The van der Waals surface area contributed by atoms with E-state index in [0.29, 0.717) is 34.6 Å². The Bertz CT molecular complexity index is 1030. The third-order valence-electron chi connectivity index (χ3n) is 4.71. The summed E-state index contributed by atoms with van der Waals surface area (Å²) in [5, 5.41) is 1.35. The fraction of sp³-hybridized carbons (Fsp3) is 0.261. The summed E-state index contributed by atoms with van der Waals surface area (Å²) in [6, 6.07) is 12.2. The van der Waals surface area contributed by atoms with Crippen LogP contribution in [0.15, 0.2) is 53.0 Å². The minimum absolute atomic E-state index is 0.173. The highest BCUT2D eigenvalue weighted by atomic mass is 16.7. The predicted octanol–water partition coefficient (Wildman–Crippen LogP) is 3.20. The number of hydrogen-bond donors (Lipinski definition) is 2. The number of nitrogen functional groups attached to an aromatic ring is 1. The second-order valence-electron chi connectivity index (χ2n) is 7.14. The van der Waals surface area contributed by atoms with Crippen molar-refractivity contribution in [2.24, 2.45) is 10.7 Å². The maximum Gasteiger partial charge on any atom is 0.337 e. The first kappa shape index (κ1) is 22.0. The highest BCUT2D eigenvalue weighted by Gasteiger charge is 2.22. The third-order valence-corrected chi connectivity index (χ3v) is 4.71. The monoisotopic (exact) mass is 422 g/mol. The van der Waals surface area contributed by atoms with Crippen LogP contribution >= 0.6 is 0 Å². The molecule has 0 aliphatic carbocycles. The number of nitrogens with two attached hydrogens (primary N) is 2. The van der Waals surface area contributed by atoms with Crippen LogP contribution in [-0.4, -0.2) is 36.4 Å². The molecule has 0 saturated carbocycles. The summed E-state index contributed by atoms with van der Waals surface area (Å²) < 4.78 is 4.75. The van der Waals surface area contributed by atoms with Gasteiger partial charge in [-0.1, -0.05) is 25.1 Å². The minimum atomic E-state index is -0.466. The number of ether oxygens (including phenoxy) is 1. The van der Waals surface area contributed by atoms with Crippen molar-refractivity contribution in [3.63, 3.8) is 0 Å². The van der Waals surface area contributed by atoms with E-state index in [2.05, 4.69) is 4.99 Å². The average molecular weight is 422 g/mol. The van der Waals surface area contributed by atoms with Crippen LogP contribution in [0.25, 0.3) is 6.08 Å². The average Bonchev–Trinajstić information content (AvgIpc) is 2.94. The molecule has 0 spiro atoms. The molecule has 0 aromatic heterocycles. The highest BCUT2D eigenvalue weighted by Crippen LogP contribution is 2.28. The molecule has 1 heterocycles. The normalized spacial score (nSPS) is 12.8. The van der Waals surface area contributed by atoms with Gasteiger partial charge in [-0.05, 0) is 42.3 Å². The molecule has 0 saturated heterocycles. The summed E-state index contributed by atoms with van der Waals surface area (Å²) in [5.74, 6) is -0.470. The van der Waals surface area contributed by atoms with Crippen molar-refractivity contribution in [1.29, 1.82) is 0 Å². The van der Waals surface area contributed by atoms with Gasteiger partial charge in [0.25, 0.3) is 5.91 Å². The van der Waals surface area contributed by atoms with Gasteiger partial charge < -0.3 is 16.2 Å². The van der Waals surface area contributed by atoms with Gasteiger partial charge in [-0.3, -0.25) is 9.63 Å². The predicted molar refractivity (Wildman–Crippen MR) is 119 cm³/mol. The molecule has 0 atom stereocenters. The number of amides is 1. The molecule has 8 heteroatoms. The molecule has 1 aliphatic heterocycles. The molecule has 4 N–H and O–H groups in total. The van der Waals surface area contributed by atoms with Crippen molar-refractivity contribution in [1.82, 2.24) is 5.06 Å². The quantitative estimate of drug-likeness (QED) is 0.402. The van der Waals surface area contributed by atoms with Crippen molar-refractivity contribution < 1.29 is 19.2 Å². The summed E-state index contributed by atoms with van der Waals surface area (Å²) in [4.78, 5) is 35.2. The van der Waals surface area contributed by atoms with Crippen LogP contribution < -0.4 is 11.5 Å². The fourth-order valence-corrected chi connectivity index (χ4v) is 3.13. The number of anilines is 1. The second kappa shape index (κ2) is 9.90. The molecule has 3 rings (SSSR count). The zero-order valence-electron chi connectivity index (χ0n) is 17.6. The Kier molecular flexibility index (Phi) is 7.04. The Morgan fingerprint density at radius 2 is 1.87 bits per heavy atom. The number of rotatable bonds is 7. The van der Waals surface area contributed by atoms with Crippen LogP contribution in [0, 0.1) is 0 Å². The van der Waals surface area contributed by atoms with Crippen molar-refractivity contribution >= 4 is 35.2 Å². The Labute approximate surface area is 181 Å². The number of hydrogen-bond acceptors (Lipinski definition) is 7. The number of hydroxylamine groups is 2. The molecule has 0 fully saturated rings. The molecule has 1 aliphatic rings. The number of benzene rings is 2. The number of carbonyl (C=O) groups is 2. The van der Waals surface area contributed by atoms with Crippen LogP contribution in [0.2, 0.25) is 0 Å². The maximum atomic E-state index is 13.2. The molecule has 31 heavy (non-hydrogen) atoms. The van der Waals surface area contributed by atoms with E-state index in [1.807, 2.05) is 19.1 Å². The fourth-order valence-electron chi connectivity index (χ4n) is 3.13. The van der Waals surface area contributed by atoms with E-state index >= 15 is 0 Å². The lowest BCUT2D eigenvalue weighted by Gasteiger charge is -2.22. The van der Waals surface area contributed by atoms with Gasteiger partial charge >= 0.3 is 5.97 Å². The van der Waals surface area contributed by atoms with E-state index in [-0.39, 0.29) is 24.8 Å². The number of aliphatic imine (C=N–C) groups is 1. The second-order valence-corrected chi connectivity index (χ2v) is 7.14. The Balaban J connectivity index is 1.83. The zero-order valence-corrected chi connectivity index (χ0v) is 17.6. The molecule has 1 amide bonds. The SMILES string of the molecule is CCCN(OCc1ccc(N)cc1)C(=O)C1=Cc2ccc(C(=O)OC)cc2N=C(N)C1. The lowest BCUT2D eigenvalue weighted by atomic mass is 10.0. The molecule has 8 nitrogen and oxygen atoms in total. The lowest BCUT2D eigenvalue weighted by molar-refractivity contribution is -0.187. The van der Waals surface area contributed by atoms with E-state index in [0.717, 1.165) is 12.0 Å². The molecule has 2 aromatic carbocycles. The van der Waals surface area contributed by atoms with Crippen molar-refractivity contribution in [2.75, 3.05) is 19.4 Å². The van der Waals surface area contributed by atoms with Gasteiger partial charge in [0.2, 0.25) is 0 Å². The first-order valence-corrected chi connectivity index (χ1v) is 9.96. The van der Waals surface area contributed by atoms with Gasteiger partial charge in [0.1, 0.15) is 12.4 Å². The molecule has 0 radical (unpaired) electrons. The topological polar surface area (TPSA) is 120 Å². The highest BCUT2D eigenvalue weighted by molar-refractivity contribution is 6.05. The van der Waals surface area contributed by atoms with E-state index in [1.54, 1.807) is 36.4 Å². The maximum absolute atomic E-state index is 13.2. The number of methoxy groups -OCH3 is 1. The van der Waals surface area contributed by atoms with Gasteiger partial charge in [-0.15, -0.1) is 0 Å². The van der Waals surface area contributed by atoms with E-state index < -0.39 is 5.97 Å². The first-order chi connectivity index (χ1) is 14.9. The van der Waals surface area contributed by atoms with Crippen molar-refractivity contribution in [2.45, 2.75) is 26.4 Å². The summed E-state index contributed by atoms with van der Waals surface area (Å²) in [6.45, 7) is 2.63. The molecule has 0 bridgehead atoms. The summed E-state index contributed by atoms with van der Waals surface area (Å²) in [6.07, 6.45) is 2.63. The van der Waals surface area contributed by atoms with Gasteiger partial charge in [0.15, 0.2) is 0 Å². The molecule has 162 valence electrons. The van der Waals surface area contributed by atoms with Gasteiger partial charge in [-0.25, -0.2) is 14.9 Å². The van der Waals surface area contributed by atoms with Crippen LogP contribution in [0.1, 0.15) is 41.3 Å². The van der Waals surface area contributed by atoms with Crippen molar-refractivity contribution in [3.05, 3.63) is 64.7 Å². The van der Waals surface area contributed by atoms with Gasteiger partial charge in [0.05, 0.1) is 18.4 Å². The minimum Gasteiger partial charge on any atom is -0.465 e. The molecular formula is C23H26N4O4. The molecule has 2 aromatic rings. The smallest absolute Gasteiger partial charge is 0.337 e. The number of fused-ring (bicyclic) bond motifs is 1.